The largest absolute Gasteiger partial charge is 0.494 e. The number of carbonyl (C=O) groups excluding carboxylic acids is 3. The van der Waals surface area contributed by atoms with Crippen molar-refractivity contribution >= 4 is 23.9 Å². The Kier molecular flexibility index (Phi) is 7.59. The first kappa shape index (κ1) is 25.1. The number of para-hydroxylation sites is 1. The Morgan fingerprint density at radius 2 is 1.74 bits per heavy atom. The third-order valence-corrected chi connectivity index (χ3v) is 4.80. The Balaban J connectivity index is 1.74. The lowest BCUT2D eigenvalue weighted by molar-refractivity contribution is -0.137. The van der Waals surface area contributed by atoms with Gasteiger partial charge in [0.1, 0.15) is 11.5 Å². The van der Waals surface area contributed by atoms with Crippen molar-refractivity contribution in [3.8, 4) is 17.2 Å². The molecule has 35 heavy (non-hydrogen) atoms. The van der Waals surface area contributed by atoms with Crippen LogP contribution in [-0.4, -0.2) is 25.3 Å². The second-order valence-corrected chi connectivity index (χ2v) is 7.17. The molecule has 0 spiro atoms. The van der Waals surface area contributed by atoms with Crippen LogP contribution < -0.4 is 25.8 Å². The summed E-state index contributed by atoms with van der Waals surface area (Å²) in [7, 11) is 1.17. The molecule has 182 valence electrons. The van der Waals surface area contributed by atoms with Gasteiger partial charge in [-0.05, 0) is 42.5 Å². The smallest absolute Gasteiger partial charge is 0.416 e. The minimum atomic E-state index is -4.73. The number of methoxy groups -OCH3 is 1. The topological polar surface area (TPSA) is 120 Å². The lowest BCUT2D eigenvalue weighted by Gasteiger charge is -2.16. The molecular weight excluding hydrogens is 467 g/mol. The van der Waals surface area contributed by atoms with Crippen molar-refractivity contribution in [2.45, 2.75) is 12.7 Å². The zero-order chi connectivity index (χ0) is 25.6. The molecule has 0 aliphatic rings. The van der Waals surface area contributed by atoms with Crippen LogP contribution in [0.15, 0.2) is 60.7 Å². The Bertz CT molecular complexity index is 1240. The fourth-order valence-electron chi connectivity index (χ4n) is 3.13. The van der Waals surface area contributed by atoms with E-state index in [9.17, 15) is 27.6 Å². The van der Waals surface area contributed by atoms with E-state index in [1.165, 1.54) is 19.2 Å². The highest BCUT2D eigenvalue weighted by Gasteiger charge is 2.32. The van der Waals surface area contributed by atoms with Gasteiger partial charge in [-0.15, -0.1) is 0 Å². The number of alkyl halides is 3. The Morgan fingerprint density at radius 1 is 1.06 bits per heavy atom. The van der Waals surface area contributed by atoms with E-state index in [1.807, 2.05) is 0 Å². The van der Waals surface area contributed by atoms with E-state index < -0.39 is 23.7 Å². The van der Waals surface area contributed by atoms with Crippen LogP contribution in [0.25, 0.3) is 0 Å². The average molecular weight is 487 g/mol. The molecule has 0 radical (unpaired) electrons. The number of benzene rings is 3. The number of rotatable bonds is 8. The van der Waals surface area contributed by atoms with Crippen LogP contribution in [0, 0.1) is 0 Å². The zero-order valence-corrected chi connectivity index (χ0v) is 18.3. The number of nitrogens with two attached hydrogens (primary N) is 1. The van der Waals surface area contributed by atoms with E-state index in [4.69, 9.17) is 15.2 Å². The minimum absolute atomic E-state index is 0.0385. The van der Waals surface area contributed by atoms with Crippen molar-refractivity contribution < 1.29 is 37.0 Å². The molecule has 0 unspecified atom stereocenters. The number of anilines is 1. The standard InChI is InChI=1S/C24H20F3N3O5/c1-34-21-16(13-31)10-17(24(25,26)27)11-19(21)30-23(33)29-12-15-4-2-3-5-20(15)35-18-8-6-14(7-9-18)22(28)32/h2-11,13H,12H2,1H3,(H2,28,32)(H2,29,30,33). The number of aldehydes is 1. The van der Waals surface area contributed by atoms with Gasteiger partial charge in [-0.25, -0.2) is 4.79 Å². The van der Waals surface area contributed by atoms with Crippen LogP contribution >= 0.6 is 0 Å². The van der Waals surface area contributed by atoms with E-state index >= 15 is 0 Å². The van der Waals surface area contributed by atoms with Crippen molar-refractivity contribution in [2.24, 2.45) is 5.73 Å². The number of amides is 3. The number of urea groups is 1. The first-order valence-corrected chi connectivity index (χ1v) is 10.1. The van der Waals surface area contributed by atoms with Crippen molar-refractivity contribution in [2.75, 3.05) is 12.4 Å². The molecule has 3 amide bonds. The molecule has 0 heterocycles. The van der Waals surface area contributed by atoms with E-state index in [-0.39, 0.29) is 29.8 Å². The van der Waals surface area contributed by atoms with Crippen LogP contribution in [0.5, 0.6) is 17.2 Å². The predicted molar refractivity (Wildman–Crippen MR) is 121 cm³/mol. The highest BCUT2D eigenvalue weighted by Crippen LogP contribution is 2.37. The Labute approximate surface area is 197 Å². The molecule has 0 aromatic heterocycles. The molecule has 8 nitrogen and oxygen atoms in total. The molecule has 4 N–H and O–H groups in total. The SMILES string of the molecule is COc1c(C=O)cc(C(F)(F)F)cc1NC(=O)NCc1ccccc1Oc1ccc(C(N)=O)cc1. The summed E-state index contributed by atoms with van der Waals surface area (Å²) >= 11 is 0. The maximum atomic E-state index is 13.2. The highest BCUT2D eigenvalue weighted by atomic mass is 19.4. The summed E-state index contributed by atoms with van der Waals surface area (Å²) in [6, 6.07) is 13.4. The molecule has 3 aromatic carbocycles. The summed E-state index contributed by atoms with van der Waals surface area (Å²) in [6.45, 7) is -0.0385. The maximum absolute atomic E-state index is 13.2. The molecule has 0 aliphatic heterocycles. The van der Waals surface area contributed by atoms with Gasteiger partial charge < -0.3 is 25.8 Å². The number of hydrogen-bond donors (Lipinski definition) is 3. The second-order valence-electron chi connectivity index (χ2n) is 7.17. The van der Waals surface area contributed by atoms with Crippen LogP contribution in [-0.2, 0) is 12.7 Å². The van der Waals surface area contributed by atoms with Crippen LogP contribution in [0.2, 0.25) is 0 Å². The minimum Gasteiger partial charge on any atom is -0.494 e. The number of nitrogens with one attached hydrogen (secondary N) is 2. The van der Waals surface area contributed by atoms with E-state index in [1.54, 1.807) is 36.4 Å². The molecular formula is C24H20F3N3O5. The molecule has 0 aliphatic carbocycles. The lowest BCUT2D eigenvalue weighted by atomic mass is 10.1. The highest BCUT2D eigenvalue weighted by molar-refractivity contribution is 5.94. The summed E-state index contributed by atoms with van der Waals surface area (Å²) in [6.07, 6.45) is -4.52. The van der Waals surface area contributed by atoms with Crippen LogP contribution in [0.3, 0.4) is 0 Å². The molecule has 0 atom stereocenters. The summed E-state index contributed by atoms with van der Waals surface area (Å²) in [5, 5.41) is 4.81. The predicted octanol–water partition coefficient (Wildman–Crippen LogP) is 4.74. The number of carbonyl (C=O) groups is 3. The molecule has 0 fully saturated rings. The first-order chi connectivity index (χ1) is 16.6. The molecule has 0 bridgehead atoms. The van der Waals surface area contributed by atoms with Gasteiger partial charge in [0, 0.05) is 17.7 Å². The van der Waals surface area contributed by atoms with E-state index in [0.29, 0.717) is 34.8 Å². The van der Waals surface area contributed by atoms with Gasteiger partial charge in [-0.1, -0.05) is 18.2 Å². The van der Waals surface area contributed by atoms with Gasteiger partial charge in [-0.2, -0.15) is 13.2 Å². The number of primary amides is 1. The molecule has 3 aromatic rings. The van der Waals surface area contributed by atoms with Gasteiger partial charge in [0.25, 0.3) is 0 Å². The lowest BCUT2D eigenvalue weighted by Crippen LogP contribution is -2.28. The quantitative estimate of drug-likeness (QED) is 0.397. The van der Waals surface area contributed by atoms with Crippen molar-refractivity contribution in [1.29, 1.82) is 0 Å². The van der Waals surface area contributed by atoms with E-state index in [0.717, 1.165) is 0 Å². The zero-order valence-electron chi connectivity index (χ0n) is 18.3. The van der Waals surface area contributed by atoms with Gasteiger partial charge in [0.15, 0.2) is 12.0 Å². The van der Waals surface area contributed by atoms with Crippen molar-refractivity contribution in [3.05, 3.63) is 82.9 Å². The third kappa shape index (κ3) is 6.28. The third-order valence-electron chi connectivity index (χ3n) is 4.80. The monoisotopic (exact) mass is 487 g/mol. The summed E-state index contributed by atoms with van der Waals surface area (Å²) < 4.78 is 50.4. The Hall–Kier alpha value is -4.54. The molecule has 0 saturated carbocycles. The maximum Gasteiger partial charge on any atom is 0.416 e. The van der Waals surface area contributed by atoms with Crippen LogP contribution in [0.1, 0.15) is 31.8 Å². The second kappa shape index (κ2) is 10.6. The first-order valence-electron chi connectivity index (χ1n) is 10.1. The van der Waals surface area contributed by atoms with Gasteiger partial charge in [0.2, 0.25) is 5.91 Å². The van der Waals surface area contributed by atoms with Crippen molar-refractivity contribution in [1.82, 2.24) is 5.32 Å². The average Bonchev–Trinajstić information content (AvgIpc) is 2.82. The fourth-order valence-corrected chi connectivity index (χ4v) is 3.13. The summed E-state index contributed by atoms with van der Waals surface area (Å²) in [4.78, 5) is 34.9. The number of hydrogen-bond acceptors (Lipinski definition) is 5. The van der Waals surface area contributed by atoms with Gasteiger partial charge in [0.05, 0.1) is 23.9 Å². The molecule has 0 saturated heterocycles. The van der Waals surface area contributed by atoms with Gasteiger partial charge in [-0.3, -0.25) is 9.59 Å². The Morgan fingerprint density at radius 3 is 2.34 bits per heavy atom. The molecule has 3 rings (SSSR count). The fraction of sp³-hybridized carbons (Fsp3) is 0.125. The van der Waals surface area contributed by atoms with Gasteiger partial charge >= 0.3 is 12.2 Å². The normalized spacial score (nSPS) is 10.9. The molecule has 11 heteroatoms. The number of ether oxygens (including phenoxy) is 2. The number of halogens is 3. The van der Waals surface area contributed by atoms with Crippen LogP contribution in [0.4, 0.5) is 23.7 Å². The van der Waals surface area contributed by atoms with E-state index in [2.05, 4.69) is 10.6 Å². The summed E-state index contributed by atoms with van der Waals surface area (Å²) in [5.41, 5.74) is 4.30. The summed E-state index contributed by atoms with van der Waals surface area (Å²) in [5.74, 6) is 0.0395. The van der Waals surface area contributed by atoms with Crippen molar-refractivity contribution in [3.63, 3.8) is 0 Å².